The minimum absolute atomic E-state index is 0.0288. The van der Waals surface area contributed by atoms with Gasteiger partial charge in [-0.2, -0.15) is 0 Å². The Morgan fingerprint density at radius 2 is 2.05 bits per heavy atom. The van der Waals surface area contributed by atoms with Crippen LogP contribution in [0.2, 0.25) is 0 Å². The first kappa shape index (κ1) is 15.0. The van der Waals surface area contributed by atoms with Gasteiger partial charge in [-0.1, -0.05) is 35.8 Å². The Balaban J connectivity index is 2.27. The number of pyridine rings is 1. The van der Waals surface area contributed by atoms with Gasteiger partial charge in [-0.15, -0.1) is 0 Å². The fraction of sp³-hybridized carbons (Fsp3) is 0.375. The van der Waals surface area contributed by atoms with E-state index < -0.39 is 0 Å². The molecule has 0 atom stereocenters. The number of carbonyl (C=O) groups is 1. The molecular weight excluding hydrogens is 316 g/mol. The molecule has 2 rings (SSSR count). The second-order valence-electron chi connectivity index (χ2n) is 4.99. The number of fused-ring (bicyclic) bond motifs is 1. The molecule has 0 aliphatic heterocycles. The van der Waals surface area contributed by atoms with Crippen LogP contribution in [0.25, 0.3) is 10.9 Å². The molecule has 0 saturated carbocycles. The third kappa shape index (κ3) is 3.01. The quantitative estimate of drug-likeness (QED) is 0.842. The molecule has 0 saturated heterocycles. The van der Waals surface area contributed by atoms with Crippen molar-refractivity contribution < 1.29 is 4.79 Å². The zero-order valence-electron chi connectivity index (χ0n) is 11.8. The van der Waals surface area contributed by atoms with E-state index in [2.05, 4.69) is 40.1 Å². The number of nitrogens with zero attached hydrogens (tertiary/aromatic N) is 1. The van der Waals surface area contributed by atoms with Crippen molar-refractivity contribution in [1.82, 2.24) is 10.3 Å². The Morgan fingerprint density at radius 1 is 1.30 bits per heavy atom. The summed E-state index contributed by atoms with van der Waals surface area (Å²) in [5.41, 5.74) is 1.40. The molecule has 1 aromatic carbocycles. The van der Waals surface area contributed by atoms with Gasteiger partial charge in [0.25, 0.3) is 5.91 Å². The number of benzene rings is 1. The monoisotopic (exact) mass is 334 g/mol. The summed E-state index contributed by atoms with van der Waals surface area (Å²) >= 11 is 3.51. The van der Waals surface area contributed by atoms with E-state index in [0.29, 0.717) is 5.56 Å². The Hall–Kier alpha value is -1.42. The van der Waals surface area contributed by atoms with E-state index in [-0.39, 0.29) is 11.4 Å². The van der Waals surface area contributed by atoms with Gasteiger partial charge in [0.05, 0.1) is 5.52 Å². The van der Waals surface area contributed by atoms with Gasteiger partial charge in [-0.25, -0.2) is 0 Å². The number of alkyl halides is 1. The van der Waals surface area contributed by atoms with Gasteiger partial charge in [-0.3, -0.25) is 9.78 Å². The van der Waals surface area contributed by atoms with Crippen molar-refractivity contribution in [2.45, 2.75) is 32.2 Å². The zero-order valence-corrected chi connectivity index (χ0v) is 13.4. The number of hydrogen-bond donors (Lipinski definition) is 1. The van der Waals surface area contributed by atoms with Crippen LogP contribution in [-0.2, 0) is 0 Å². The average Bonchev–Trinajstić information content (AvgIpc) is 2.52. The molecule has 4 heteroatoms. The minimum atomic E-state index is -0.180. The predicted molar refractivity (Wildman–Crippen MR) is 86.3 cm³/mol. The molecule has 0 spiro atoms. The highest BCUT2D eigenvalue weighted by Gasteiger charge is 2.27. The van der Waals surface area contributed by atoms with Crippen molar-refractivity contribution in [3.8, 4) is 0 Å². The summed E-state index contributed by atoms with van der Waals surface area (Å²) in [6, 6.07) is 9.45. The summed E-state index contributed by atoms with van der Waals surface area (Å²) in [7, 11) is 0. The van der Waals surface area contributed by atoms with Gasteiger partial charge in [0.1, 0.15) is 0 Å². The Bertz CT molecular complexity index is 600. The van der Waals surface area contributed by atoms with Crippen LogP contribution in [0.15, 0.2) is 36.5 Å². The minimum Gasteiger partial charge on any atom is -0.346 e. The molecule has 0 aliphatic carbocycles. The van der Waals surface area contributed by atoms with Crippen LogP contribution < -0.4 is 5.32 Å². The molecule has 1 N–H and O–H groups in total. The second kappa shape index (κ2) is 6.35. The van der Waals surface area contributed by atoms with Crippen molar-refractivity contribution in [1.29, 1.82) is 0 Å². The highest BCUT2D eigenvalue weighted by atomic mass is 79.9. The third-order valence-corrected chi connectivity index (χ3v) is 4.93. The average molecular weight is 335 g/mol. The lowest BCUT2D eigenvalue weighted by Gasteiger charge is -2.31. The van der Waals surface area contributed by atoms with Crippen molar-refractivity contribution in [3.05, 3.63) is 42.1 Å². The van der Waals surface area contributed by atoms with Crippen LogP contribution in [0.4, 0.5) is 0 Å². The molecule has 2 aromatic rings. The van der Waals surface area contributed by atoms with Crippen LogP contribution in [0.5, 0.6) is 0 Å². The number of halogens is 1. The molecule has 1 amide bonds. The van der Waals surface area contributed by atoms with Crippen LogP contribution in [0.3, 0.4) is 0 Å². The van der Waals surface area contributed by atoms with Gasteiger partial charge < -0.3 is 5.32 Å². The number of aromatic nitrogens is 1. The Kier molecular flexibility index (Phi) is 4.76. The zero-order chi connectivity index (χ0) is 14.6. The molecule has 0 unspecified atom stereocenters. The summed E-state index contributed by atoms with van der Waals surface area (Å²) in [6.45, 7) is 4.19. The lowest BCUT2D eigenvalue weighted by Crippen LogP contribution is -2.49. The molecule has 0 fully saturated rings. The first-order valence-electron chi connectivity index (χ1n) is 6.87. The van der Waals surface area contributed by atoms with E-state index in [4.69, 9.17) is 0 Å². The molecule has 1 aromatic heterocycles. The first-order chi connectivity index (χ1) is 9.64. The standard InChI is InChI=1S/C16H19BrN2O/c1-3-16(4-2,11-17)19-15(20)13-7-8-14-12(10-13)6-5-9-18-14/h5-10H,3-4,11H2,1-2H3,(H,19,20). The second-order valence-corrected chi connectivity index (χ2v) is 5.55. The van der Waals surface area contributed by atoms with Crippen LogP contribution in [-0.4, -0.2) is 21.8 Å². The van der Waals surface area contributed by atoms with Gasteiger partial charge in [0, 0.05) is 28.0 Å². The summed E-state index contributed by atoms with van der Waals surface area (Å²) in [5, 5.41) is 4.90. The molecular formula is C16H19BrN2O. The molecule has 106 valence electrons. The first-order valence-corrected chi connectivity index (χ1v) is 7.99. The highest BCUT2D eigenvalue weighted by Crippen LogP contribution is 2.20. The van der Waals surface area contributed by atoms with Crippen molar-refractivity contribution in [2.24, 2.45) is 0 Å². The SMILES string of the molecule is CCC(CC)(CBr)NC(=O)c1ccc2ncccc2c1. The highest BCUT2D eigenvalue weighted by molar-refractivity contribution is 9.09. The van der Waals surface area contributed by atoms with Crippen LogP contribution in [0.1, 0.15) is 37.0 Å². The van der Waals surface area contributed by atoms with Crippen molar-refractivity contribution in [2.75, 3.05) is 5.33 Å². The van der Waals surface area contributed by atoms with Crippen molar-refractivity contribution in [3.63, 3.8) is 0 Å². The lowest BCUT2D eigenvalue weighted by molar-refractivity contribution is 0.0904. The predicted octanol–water partition coefficient (Wildman–Crippen LogP) is 3.92. The van der Waals surface area contributed by atoms with Crippen molar-refractivity contribution >= 4 is 32.7 Å². The van der Waals surface area contributed by atoms with Gasteiger partial charge in [0.2, 0.25) is 0 Å². The van der Waals surface area contributed by atoms with E-state index in [1.165, 1.54) is 0 Å². The molecule has 20 heavy (non-hydrogen) atoms. The van der Waals surface area contributed by atoms with Crippen LogP contribution in [0, 0.1) is 0 Å². The number of nitrogens with one attached hydrogen (secondary N) is 1. The summed E-state index contributed by atoms with van der Waals surface area (Å²) in [5.74, 6) is -0.0288. The molecule has 0 aliphatic rings. The van der Waals surface area contributed by atoms with E-state index in [1.54, 1.807) is 6.20 Å². The molecule has 1 heterocycles. The third-order valence-electron chi connectivity index (χ3n) is 3.85. The van der Waals surface area contributed by atoms with E-state index in [0.717, 1.165) is 29.1 Å². The number of hydrogen-bond acceptors (Lipinski definition) is 2. The maximum atomic E-state index is 12.4. The maximum Gasteiger partial charge on any atom is 0.251 e. The summed E-state index contributed by atoms with van der Waals surface area (Å²) in [4.78, 5) is 16.7. The largest absolute Gasteiger partial charge is 0.346 e. The van der Waals surface area contributed by atoms with E-state index >= 15 is 0 Å². The number of amides is 1. The van der Waals surface area contributed by atoms with E-state index in [9.17, 15) is 4.79 Å². The fourth-order valence-corrected chi connectivity index (χ4v) is 3.11. The van der Waals surface area contributed by atoms with Gasteiger partial charge in [0.15, 0.2) is 0 Å². The summed E-state index contributed by atoms with van der Waals surface area (Å²) < 4.78 is 0. The maximum absolute atomic E-state index is 12.4. The molecule has 0 radical (unpaired) electrons. The molecule has 3 nitrogen and oxygen atoms in total. The Labute approximate surface area is 127 Å². The number of carbonyl (C=O) groups excluding carboxylic acids is 1. The number of rotatable bonds is 5. The van der Waals surface area contributed by atoms with Gasteiger partial charge >= 0.3 is 0 Å². The smallest absolute Gasteiger partial charge is 0.251 e. The molecule has 0 bridgehead atoms. The van der Waals surface area contributed by atoms with Gasteiger partial charge in [-0.05, 0) is 37.1 Å². The summed E-state index contributed by atoms with van der Waals surface area (Å²) in [6.07, 6.45) is 3.55. The Morgan fingerprint density at radius 3 is 2.70 bits per heavy atom. The lowest BCUT2D eigenvalue weighted by atomic mass is 9.95. The fourth-order valence-electron chi connectivity index (χ4n) is 2.18. The van der Waals surface area contributed by atoms with E-state index in [1.807, 2.05) is 30.3 Å². The topological polar surface area (TPSA) is 42.0 Å². The normalized spacial score (nSPS) is 11.6. The van der Waals surface area contributed by atoms with Crippen LogP contribution >= 0.6 is 15.9 Å².